The van der Waals surface area contributed by atoms with Crippen molar-refractivity contribution in [2.75, 3.05) is 25.9 Å². The molecule has 0 bridgehead atoms. The predicted molar refractivity (Wildman–Crippen MR) is 72.7 cm³/mol. The van der Waals surface area contributed by atoms with Crippen molar-refractivity contribution in [3.05, 3.63) is 11.4 Å². The van der Waals surface area contributed by atoms with E-state index in [1.54, 1.807) is 11.8 Å². The average Bonchev–Trinajstić information content (AvgIpc) is 2.66. The number of ether oxygens (including phenoxy) is 1. The van der Waals surface area contributed by atoms with Gasteiger partial charge in [-0.1, -0.05) is 0 Å². The summed E-state index contributed by atoms with van der Waals surface area (Å²) >= 11 is 0. The monoisotopic (exact) mass is 266 g/mol. The molecule has 6 heteroatoms. The lowest BCUT2D eigenvalue weighted by Gasteiger charge is -2.31. The van der Waals surface area contributed by atoms with E-state index in [1.807, 2.05) is 18.7 Å². The Morgan fingerprint density at radius 1 is 1.42 bits per heavy atom. The number of anilines is 1. The van der Waals surface area contributed by atoms with Crippen LogP contribution in [0, 0.1) is 13.8 Å². The smallest absolute Gasteiger partial charge is 0.244 e. The zero-order valence-corrected chi connectivity index (χ0v) is 11.8. The molecule has 1 amide bonds. The molecule has 19 heavy (non-hydrogen) atoms. The molecule has 1 aliphatic rings. The Hall–Kier alpha value is -1.56. The molecule has 0 spiro atoms. The molecule has 0 saturated carbocycles. The molecule has 2 rings (SSSR count). The predicted octanol–water partition coefficient (Wildman–Crippen LogP) is 0.720. The highest BCUT2D eigenvalue weighted by Gasteiger charge is 2.23. The number of amides is 1. The van der Waals surface area contributed by atoms with Crippen LogP contribution in [0.3, 0.4) is 0 Å². The summed E-state index contributed by atoms with van der Waals surface area (Å²) in [5.41, 5.74) is 8.18. The zero-order chi connectivity index (χ0) is 14.0. The first-order chi connectivity index (χ1) is 9.02. The van der Waals surface area contributed by atoms with Crippen LogP contribution in [0.2, 0.25) is 0 Å². The van der Waals surface area contributed by atoms with Crippen molar-refractivity contribution in [1.29, 1.82) is 0 Å². The maximum Gasteiger partial charge on any atom is 0.244 e. The number of carbonyl (C=O) groups excluding carboxylic acids is 1. The Morgan fingerprint density at radius 2 is 2.05 bits per heavy atom. The van der Waals surface area contributed by atoms with Gasteiger partial charge in [0.15, 0.2) is 0 Å². The molecule has 1 saturated heterocycles. The van der Waals surface area contributed by atoms with E-state index >= 15 is 0 Å². The highest BCUT2D eigenvalue weighted by Crippen LogP contribution is 2.16. The van der Waals surface area contributed by atoms with Gasteiger partial charge in [-0.25, -0.2) is 0 Å². The van der Waals surface area contributed by atoms with Crippen molar-refractivity contribution in [3.63, 3.8) is 0 Å². The van der Waals surface area contributed by atoms with Gasteiger partial charge in [0.25, 0.3) is 0 Å². The van der Waals surface area contributed by atoms with Gasteiger partial charge in [-0.15, -0.1) is 0 Å². The van der Waals surface area contributed by atoms with Crippen LogP contribution in [0.4, 0.5) is 5.69 Å². The molecular formula is C13H22N4O2. The van der Waals surface area contributed by atoms with E-state index in [2.05, 4.69) is 5.10 Å². The van der Waals surface area contributed by atoms with Gasteiger partial charge in [-0.3, -0.25) is 9.48 Å². The Kier molecular flexibility index (Phi) is 4.09. The molecule has 0 aliphatic carbocycles. The number of nitrogen functional groups attached to an aromatic ring is 1. The van der Waals surface area contributed by atoms with Crippen molar-refractivity contribution in [1.82, 2.24) is 14.7 Å². The van der Waals surface area contributed by atoms with Crippen LogP contribution in [-0.4, -0.2) is 46.9 Å². The van der Waals surface area contributed by atoms with Crippen LogP contribution >= 0.6 is 0 Å². The highest BCUT2D eigenvalue weighted by molar-refractivity contribution is 5.76. The Morgan fingerprint density at radius 3 is 2.53 bits per heavy atom. The van der Waals surface area contributed by atoms with E-state index in [1.165, 1.54) is 0 Å². The van der Waals surface area contributed by atoms with Crippen molar-refractivity contribution in [3.8, 4) is 0 Å². The van der Waals surface area contributed by atoms with Crippen LogP contribution in [-0.2, 0) is 16.1 Å². The summed E-state index contributed by atoms with van der Waals surface area (Å²) in [6, 6.07) is 0. The second-order valence-electron chi connectivity index (χ2n) is 5.06. The molecule has 1 aromatic heterocycles. The molecule has 0 unspecified atom stereocenters. The van der Waals surface area contributed by atoms with Crippen LogP contribution < -0.4 is 5.73 Å². The molecule has 6 nitrogen and oxygen atoms in total. The van der Waals surface area contributed by atoms with Gasteiger partial charge in [0.05, 0.1) is 23.2 Å². The maximum absolute atomic E-state index is 12.2. The van der Waals surface area contributed by atoms with Gasteiger partial charge in [-0.2, -0.15) is 5.10 Å². The third-order valence-electron chi connectivity index (χ3n) is 3.85. The summed E-state index contributed by atoms with van der Waals surface area (Å²) in [6.45, 7) is 5.52. The van der Waals surface area contributed by atoms with E-state index < -0.39 is 0 Å². The van der Waals surface area contributed by atoms with Crippen LogP contribution in [0.15, 0.2) is 0 Å². The molecule has 106 valence electrons. The Bertz CT molecular complexity index is 461. The number of aryl methyl sites for hydroxylation is 1. The first-order valence-corrected chi connectivity index (χ1v) is 6.63. The van der Waals surface area contributed by atoms with Gasteiger partial charge in [0, 0.05) is 20.2 Å². The first kappa shape index (κ1) is 13.9. The number of carbonyl (C=O) groups is 1. The number of nitrogens with two attached hydrogens (primary N) is 1. The fraction of sp³-hybridized carbons (Fsp3) is 0.692. The lowest BCUT2D eigenvalue weighted by molar-refractivity contribution is -0.134. The Labute approximate surface area is 113 Å². The summed E-state index contributed by atoms with van der Waals surface area (Å²) in [7, 11) is 1.72. The second kappa shape index (κ2) is 5.61. The number of nitrogens with zero attached hydrogens (tertiary/aromatic N) is 3. The number of methoxy groups -OCH3 is 1. The number of rotatable bonds is 3. The fourth-order valence-corrected chi connectivity index (χ4v) is 2.43. The zero-order valence-electron chi connectivity index (χ0n) is 11.8. The minimum atomic E-state index is 0.0974. The lowest BCUT2D eigenvalue weighted by Crippen LogP contribution is -2.42. The summed E-state index contributed by atoms with van der Waals surface area (Å²) in [5.74, 6) is 0.0974. The molecule has 1 aliphatic heterocycles. The minimum Gasteiger partial charge on any atom is -0.396 e. The maximum atomic E-state index is 12.2. The average molecular weight is 266 g/mol. The van der Waals surface area contributed by atoms with E-state index in [4.69, 9.17) is 10.5 Å². The largest absolute Gasteiger partial charge is 0.396 e. The van der Waals surface area contributed by atoms with E-state index in [-0.39, 0.29) is 18.6 Å². The van der Waals surface area contributed by atoms with Crippen LogP contribution in [0.25, 0.3) is 0 Å². The SMILES string of the molecule is COC1CCN(C(=O)Cn2nc(C)c(N)c2C)CC1. The number of aromatic nitrogens is 2. The van der Waals surface area contributed by atoms with Gasteiger partial charge in [-0.05, 0) is 26.7 Å². The Balaban J connectivity index is 1.96. The third kappa shape index (κ3) is 2.89. The van der Waals surface area contributed by atoms with Crippen LogP contribution in [0.5, 0.6) is 0 Å². The highest BCUT2D eigenvalue weighted by atomic mass is 16.5. The van der Waals surface area contributed by atoms with E-state index in [0.717, 1.165) is 37.3 Å². The van der Waals surface area contributed by atoms with Crippen molar-refractivity contribution >= 4 is 11.6 Å². The molecule has 2 N–H and O–H groups in total. The van der Waals surface area contributed by atoms with Crippen molar-refractivity contribution in [2.45, 2.75) is 39.3 Å². The third-order valence-corrected chi connectivity index (χ3v) is 3.85. The molecular weight excluding hydrogens is 244 g/mol. The number of hydrogen-bond donors (Lipinski definition) is 1. The number of piperidine rings is 1. The standard InChI is InChI=1S/C13H22N4O2/c1-9-13(14)10(2)17(15-9)8-12(18)16-6-4-11(19-3)5-7-16/h11H,4-8,14H2,1-3H3. The molecule has 2 heterocycles. The van der Waals surface area contributed by atoms with Gasteiger partial charge in [0.2, 0.25) is 5.91 Å². The van der Waals surface area contributed by atoms with Crippen molar-refractivity contribution in [2.24, 2.45) is 0 Å². The molecule has 1 aromatic rings. The molecule has 0 atom stereocenters. The quantitative estimate of drug-likeness (QED) is 0.875. The lowest BCUT2D eigenvalue weighted by atomic mass is 10.1. The summed E-state index contributed by atoms with van der Waals surface area (Å²) < 4.78 is 6.99. The van der Waals surface area contributed by atoms with E-state index in [9.17, 15) is 4.79 Å². The van der Waals surface area contributed by atoms with Gasteiger partial charge >= 0.3 is 0 Å². The summed E-state index contributed by atoms with van der Waals surface area (Å²) in [4.78, 5) is 14.1. The van der Waals surface area contributed by atoms with Crippen molar-refractivity contribution < 1.29 is 9.53 Å². The molecule has 0 aromatic carbocycles. The topological polar surface area (TPSA) is 73.4 Å². The van der Waals surface area contributed by atoms with E-state index in [0.29, 0.717) is 5.69 Å². The number of hydrogen-bond acceptors (Lipinski definition) is 4. The fourth-order valence-electron chi connectivity index (χ4n) is 2.43. The summed E-state index contributed by atoms with van der Waals surface area (Å²) in [6.07, 6.45) is 2.09. The first-order valence-electron chi connectivity index (χ1n) is 6.63. The molecule has 0 radical (unpaired) electrons. The molecule has 1 fully saturated rings. The second-order valence-corrected chi connectivity index (χ2v) is 5.06. The number of likely N-dealkylation sites (tertiary alicyclic amines) is 1. The normalized spacial score (nSPS) is 16.9. The minimum absolute atomic E-state index is 0.0974. The summed E-state index contributed by atoms with van der Waals surface area (Å²) in [5, 5.41) is 4.30. The van der Waals surface area contributed by atoms with Crippen LogP contribution in [0.1, 0.15) is 24.2 Å². The van der Waals surface area contributed by atoms with Gasteiger partial charge in [0.1, 0.15) is 6.54 Å². The van der Waals surface area contributed by atoms with Gasteiger partial charge < -0.3 is 15.4 Å².